The van der Waals surface area contributed by atoms with Crippen molar-refractivity contribution in [3.8, 4) is 17.2 Å². The Bertz CT molecular complexity index is 1130. The van der Waals surface area contributed by atoms with Crippen molar-refractivity contribution in [1.29, 1.82) is 0 Å². The molecule has 0 heterocycles. The van der Waals surface area contributed by atoms with Crippen LogP contribution in [0.25, 0.3) is 0 Å². The third-order valence-electron chi connectivity index (χ3n) is 4.64. The van der Waals surface area contributed by atoms with Crippen molar-refractivity contribution < 1.29 is 18.6 Å². The highest BCUT2D eigenvalue weighted by Gasteiger charge is 2.34. The predicted molar refractivity (Wildman–Crippen MR) is 141 cm³/mol. The van der Waals surface area contributed by atoms with Crippen molar-refractivity contribution in [2.24, 2.45) is 4.99 Å². The number of carbonyl (C=O) groups excluding carboxylic acids is 1. The Morgan fingerprint density at radius 1 is 0.941 bits per heavy atom. The normalized spacial score (nSPS) is 12.8. The van der Waals surface area contributed by atoms with Crippen LogP contribution in [0.15, 0.2) is 89.9 Å². The molecule has 6 nitrogen and oxygen atoms in total. The number of nitrogens with zero attached hydrogens (tertiary/aromatic N) is 2. The van der Waals surface area contributed by atoms with Crippen LogP contribution in [0, 0.1) is 0 Å². The molecule has 0 fully saturated rings. The van der Waals surface area contributed by atoms with Gasteiger partial charge in [-0.05, 0) is 54.2 Å². The summed E-state index contributed by atoms with van der Waals surface area (Å²) in [6, 6.07) is 25.7. The summed E-state index contributed by atoms with van der Waals surface area (Å²) < 4.78 is 27.5. The quantitative estimate of drug-likeness (QED) is 0.137. The first-order valence-electron chi connectivity index (χ1n) is 11.2. The summed E-state index contributed by atoms with van der Waals surface area (Å²) in [6.45, 7) is 0.206. The minimum atomic E-state index is -3.51. The van der Waals surface area contributed by atoms with E-state index >= 15 is 0 Å². The molecule has 0 aromatic heterocycles. The molecular weight excluding hydrogens is 467 g/mol. The van der Waals surface area contributed by atoms with E-state index in [1.165, 1.54) is 22.4 Å². The largest absolute Gasteiger partial charge is 0.455 e. The van der Waals surface area contributed by atoms with E-state index in [1.54, 1.807) is 25.1 Å². The van der Waals surface area contributed by atoms with E-state index in [4.69, 9.17) is 9.26 Å². The molecule has 1 unspecified atom stereocenters. The summed E-state index contributed by atoms with van der Waals surface area (Å²) in [7, 11) is 0. The van der Waals surface area contributed by atoms with Crippen LogP contribution in [0.2, 0.25) is 0 Å². The fourth-order valence-electron chi connectivity index (χ4n) is 2.85. The van der Waals surface area contributed by atoms with Gasteiger partial charge in [-0.3, -0.25) is 9.46 Å². The third kappa shape index (κ3) is 7.51. The zero-order valence-electron chi connectivity index (χ0n) is 19.4. The fraction of sp³-hybridized carbons (Fsp3) is 0.231. The fourth-order valence-corrected chi connectivity index (χ4v) is 6.87. The molecule has 0 aliphatic rings. The minimum absolute atomic E-state index is 0.0609. The molecule has 3 rings (SSSR count). The monoisotopic (exact) mass is 496 g/mol. The molecule has 0 N–H and O–H groups in total. The summed E-state index contributed by atoms with van der Waals surface area (Å²) in [6.07, 6.45) is 2.57. The minimum Gasteiger partial charge on any atom is -0.455 e. The maximum atomic E-state index is 14.1. The predicted octanol–water partition coefficient (Wildman–Crippen LogP) is 7.75. The Morgan fingerprint density at radius 2 is 1.56 bits per heavy atom. The molecule has 0 radical (unpaired) electrons. The van der Waals surface area contributed by atoms with Gasteiger partial charge in [0, 0.05) is 12.2 Å². The number of ether oxygens (including phenoxy) is 1. The van der Waals surface area contributed by atoms with E-state index in [0.29, 0.717) is 35.1 Å². The molecule has 3 aromatic rings. The van der Waals surface area contributed by atoms with Crippen LogP contribution < -0.4 is 9.26 Å². The third-order valence-corrected chi connectivity index (χ3v) is 9.25. The molecule has 8 heteroatoms. The second-order valence-corrected chi connectivity index (χ2v) is 11.8. The Balaban J connectivity index is 1.93. The second kappa shape index (κ2) is 13.0. The average Bonchev–Trinajstić information content (AvgIpc) is 2.87. The van der Waals surface area contributed by atoms with Gasteiger partial charge >= 0.3 is 6.72 Å². The molecule has 1 atom stereocenters. The number of hydrogen-bond donors (Lipinski definition) is 0. The standard InChI is InChI=1S/C26H29N2O4PS/c1-3-19-34-33(30,32-24-15-9-6-10-16-24)28(20-22(29)4-2)21-27-25-17-11-12-18-26(25)31-23-13-7-5-8-14-23/h5-18,21H,3-4,19-20H2,1-2H3. The average molecular weight is 497 g/mol. The van der Waals surface area contributed by atoms with Crippen molar-refractivity contribution in [1.82, 2.24) is 4.67 Å². The molecule has 34 heavy (non-hydrogen) atoms. The maximum absolute atomic E-state index is 14.1. The smallest absolute Gasteiger partial charge is 0.403 e. The number of aliphatic imine (C=N–C) groups is 1. The molecule has 178 valence electrons. The van der Waals surface area contributed by atoms with Crippen molar-refractivity contribution >= 4 is 35.9 Å². The molecule has 0 amide bonds. The molecule has 0 saturated carbocycles. The molecule has 0 aliphatic heterocycles. The van der Waals surface area contributed by atoms with Crippen LogP contribution in [-0.4, -0.2) is 29.1 Å². The number of carbonyl (C=O) groups is 1. The van der Waals surface area contributed by atoms with Gasteiger partial charge in [0.2, 0.25) is 0 Å². The second-order valence-electron chi connectivity index (χ2n) is 7.32. The number of rotatable bonds is 13. The van der Waals surface area contributed by atoms with Gasteiger partial charge in [0.25, 0.3) is 0 Å². The summed E-state index contributed by atoms with van der Waals surface area (Å²) in [4.78, 5) is 17.0. The zero-order valence-corrected chi connectivity index (χ0v) is 21.1. The summed E-state index contributed by atoms with van der Waals surface area (Å²) in [5.74, 6) is 2.26. The number of hydrogen-bond acceptors (Lipinski definition) is 6. The maximum Gasteiger partial charge on any atom is 0.403 e. The van der Waals surface area contributed by atoms with Crippen LogP contribution in [0.3, 0.4) is 0 Å². The number of benzene rings is 3. The zero-order chi connectivity index (χ0) is 24.2. The molecular formula is C26H29N2O4PS. The molecule has 0 aliphatic carbocycles. The van der Waals surface area contributed by atoms with Crippen molar-refractivity contribution in [3.05, 3.63) is 84.9 Å². The lowest BCUT2D eigenvalue weighted by Crippen LogP contribution is -2.26. The summed E-state index contributed by atoms with van der Waals surface area (Å²) >= 11 is 1.21. The molecule has 0 spiro atoms. The lowest BCUT2D eigenvalue weighted by Gasteiger charge is -2.28. The Morgan fingerprint density at radius 3 is 2.21 bits per heavy atom. The highest BCUT2D eigenvalue weighted by Crippen LogP contribution is 2.61. The van der Waals surface area contributed by atoms with E-state index in [2.05, 4.69) is 4.99 Å². The van der Waals surface area contributed by atoms with E-state index in [1.807, 2.05) is 73.7 Å². The molecule has 3 aromatic carbocycles. The van der Waals surface area contributed by atoms with Gasteiger partial charge in [-0.1, -0.05) is 62.4 Å². The Labute approximate surface area is 205 Å². The summed E-state index contributed by atoms with van der Waals surface area (Å²) in [5, 5.41) is 0. The topological polar surface area (TPSA) is 68.2 Å². The van der Waals surface area contributed by atoms with Gasteiger partial charge in [0.05, 0.1) is 6.54 Å². The van der Waals surface area contributed by atoms with Gasteiger partial charge in [0.1, 0.15) is 23.5 Å². The van der Waals surface area contributed by atoms with Gasteiger partial charge in [-0.15, -0.1) is 0 Å². The van der Waals surface area contributed by atoms with Crippen LogP contribution in [0.1, 0.15) is 26.7 Å². The number of ketones is 1. The van der Waals surface area contributed by atoms with Crippen molar-refractivity contribution in [2.45, 2.75) is 26.7 Å². The summed E-state index contributed by atoms with van der Waals surface area (Å²) in [5.41, 5.74) is 0.548. The van der Waals surface area contributed by atoms with Crippen LogP contribution in [-0.2, 0) is 9.36 Å². The van der Waals surface area contributed by atoms with E-state index in [0.717, 1.165) is 6.42 Å². The molecule has 0 saturated heterocycles. The van der Waals surface area contributed by atoms with Crippen molar-refractivity contribution in [2.75, 3.05) is 12.3 Å². The Hall–Kier alpha value is -3.02. The number of para-hydroxylation sites is 4. The van der Waals surface area contributed by atoms with Gasteiger partial charge in [-0.25, -0.2) is 9.56 Å². The lowest BCUT2D eigenvalue weighted by molar-refractivity contribution is -0.118. The highest BCUT2D eigenvalue weighted by atomic mass is 32.7. The first-order chi connectivity index (χ1) is 16.5. The van der Waals surface area contributed by atoms with Crippen LogP contribution >= 0.6 is 18.1 Å². The van der Waals surface area contributed by atoms with Gasteiger partial charge < -0.3 is 9.26 Å². The lowest BCUT2D eigenvalue weighted by atomic mass is 10.3. The SMILES string of the molecule is CCCSP(=O)(Oc1ccccc1)N(C=Nc1ccccc1Oc1ccccc1)CC(=O)CC. The number of Topliss-reactive ketones (excluding diaryl/α,β-unsaturated/α-hetero) is 1. The van der Waals surface area contributed by atoms with E-state index < -0.39 is 6.72 Å². The van der Waals surface area contributed by atoms with Crippen LogP contribution in [0.4, 0.5) is 5.69 Å². The molecule has 0 bridgehead atoms. The van der Waals surface area contributed by atoms with E-state index in [-0.39, 0.29) is 12.3 Å². The first-order valence-corrected chi connectivity index (χ1v) is 14.3. The van der Waals surface area contributed by atoms with E-state index in [9.17, 15) is 9.36 Å². The van der Waals surface area contributed by atoms with Crippen molar-refractivity contribution in [3.63, 3.8) is 0 Å². The van der Waals surface area contributed by atoms with Crippen LogP contribution in [0.5, 0.6) is 17.2 Å². The van der Waals surface area contributed by atoms with Gasteiger partial charge in [-0.2, -0.15) is 0 Å². The Kier molecular flexibility index (Phi) is 9.80. The highest BCUT2D eigenvalue weighted by molar-refractivity contribution is 8.56. The first kappa shape index (κ1) is 25.6. The van der Waals surface area contributed by atoms with Gasteiger partial charge in [0.15, 0.2) is 11.5 Å².